The standard InChI is InChI=1S/C28H31F2N7O4/c1-27(2,3)41-26(40)36-13-9-20(18(15-36)24(38)33-28(10-11-28)23-6-4-5-12-31-23)32-25(39)21-16-37(35-34-21)22-8-7-17(29)14-19(22)30/h4-8,12,14,16,18,20H,9-11,13,15H2,1-3H3,(H,32,39)(H,33,38)/t18-,20-/m0/s1. The van der Waals surface area contributed by atoms with Gasteiger partial charge in [0, 0.05) is 31.4 Å². The van der Waals surface area contributed by atoms with Crippen molar-refractivity contribution in [2.24, 2.45) is 5.92 Å². The Morgan fingerprint density at radius 1 is 1.12 bits per heavy atom. The normalized spacial score (nSPS) is 19.8. The van der Waals surface area contributed by atoms with E-state index in [1.807, 2.05) is 12.1 Å². The van der Waals surface area contributed by atoms with E-state index in [2.05, 4.69) is 25.9 Å². The van der Waals surface area contributed by atoms with Crippen LogP contribution >= 0.6 is 0 Å². The Morgan fingerprint density at radius 2 is 1.90 bits per heavy atom. The molecule has 2 aliphatic rings. The highest BCUT2D eigenvalue weighted by Crippen LogP contribution is 2.44. The van der Waals surface area contributed by atoms with Gasteiger partial charge in [-0.3, -0.25) is 14.6 Å². The topological polar surface area (TPSA) is 131 Å². The van der Waals surface area contributed by atoms with Crippen molar-refractivity contribution in [1.82, 2.24) is 35.5 Å². The third kappa shape index (κ3) is 6.34. The average Bonchev–Trinajstić information content (AvgIpc) is 3.53. The summed E-state index contributed by atoms with van der Waals surface area (Å²) in [4.78, 5) is 45.6. The Hall–Kier alpha value is -4.42. The summed E-state index contributed by atoms with van der Waals surface area (Å²) in [6.45, 7) is 5.56. The fourth-order valence-corrected chi connectivity index (χ4v) is 4.82. The molecule has 2 aromatic heterocycles. The Kier molecular flexibility index (Phi) is 7.45. The molecule has 0 radical (unpaired) electrons. The molecule has 41 heavy (non-hydrogen) atoms. The first-order valence-corrected chi connectivity index (χ1v) is 13.3. The predicted octanol–water partition coefficient (Wildman–Crippen LogP) is 3.10. The third-order valence-corrected chi connectivity index (χ3v) is 7.07. The van der Waals surface area contributed by atoms with E-state index in [1.54, 1.807) is 33.0 Å². The van der Waals surface area contributed by atoms with Crippen LogP contribution in [-0.2, 0) is 15.1 Å². The molecule has 13 heteroatoms. The van der Waals surface area contributed by atoms with Crippen LogP contribution in [0.3, 0.4) is 0 Å². The van der Waals surface area contributed by atoms with Gasteiger partial charge in [0.25, 0.3) is 5.91 Å². The number of ether oxygens (including phenoxy) is 1. The summed E-state index contributed by atoms with van der Waals surface area (Å²) >= 11 is 0. The van der Waals surface area contributed by atoms with E-state index < -0.39 is 46.7 Å². The molecule has 3 aromatic rings. The zero-order valence-electron chi connectivity index (χ0n) is 22.9. The van der Waals surface area contributed by atoms with Crippen LogP contribution in [0.1, 0.15) is 56.2 Å². The monoisotopic (exact) mass is 567 g/mol. The van der Waals surface area contributed by atoms with Gasteiger partial charge in [-0.15, -0.1) is 5.10 Å². The smallest absolute Gasteiger partial charge is 0.410 e. The minimum Gasteiger partial charge on any atom is -0.444 e. The Bertz CT molecular complexity index is 1450. The highest BCUT2D eigenvalue weighted by atomic mass is 19.1. The lowest BCUT2D eigenvalue weighted by molar-refractivity contribution is -0.128. The quantitative estimate of drug-likeness (QED) is 0.468. The second-order valence-corrected chi connectivity index (χ2v) is 11.3. The maximum atomic E-state index is 14.2. The lowest BCUT2D eigenvalue weighted by Crippen LogP contribution is -2.58. The van der Waals surface area contributed by atoms with Crippen molar-refractivity contribution in [1.29, 1.82) is 0 Å². The molecule has 0 unspecified atom stereocenters. The first kappa shape index (κ1) is 28.1. The summed E-state index contributed by atoms with van der Waals surface area (Å²) in [6, 6.07) is 7.82. The van der Waals surface area contributed by atoms with Gasteiger partial charge in [0.1, 0.15) is 17.1 Å². The van der Waals surface area contributed by atoms with E-state index in [9.17, 15) is 23.2 Å². The fraction of sp³-hybridized carbons (Fsp3) is 0.429. The van der Waals surface area contributed by atoms with Crippen molar-refractivity contribution in [3.8, 4) is 5.69 Å². The lowest BCUT2D eigenvalue weighted by Gasteiger charge is -2.39. The third-order valence-electron chi connectivity index (χ3n) is 7.07. The SMILES string of the molecule is CC(C)(C)OC(=O)N1CC[C@H](NC(=O)c2cn(-c3ccc(F)cc3F)nn2)[C@@H](C(=O)NC2(c3ccccn3)CC2)C1. The number of amides is 3. The number of benzene rings is 1. The number of nitrogens with one attached hydrogen (secondary N) is 2. The minimum absolute atomic E-state index is 0.0253. The number of likely N-dealkylation sites (tertiary alicyclic amines) is 1. The zero-order chi connectivity index (χ0) is 29.4. The molecule has 1 saturated heterocycles. The number of aromatic nitrogens is 4. The second-order valence-electron chi connectivity index (χ2n) is 11.3. The van der Waals surface area contributed by atoms with Gasteiger partial charge in [0.2, 0.25) is 5.91 Å². The van der Waals surface area contributed by atoms with Crippen LogP contribution in [0.5, 0.6) is 0 Å². The second kappa shape index (κ2) is 10.9. The molecule has 1 aromatic carbocycles. The molecule has 1 saturated carbocycles. The molecule has 3 heterocycles. The van der Waals surface area contributed by atoms with Gasteiger partial charge < -0.3 is 20.3 Å². The Morgan fingerprint density at radius 3 is 2.56 bits per heavy atom. The Labute approximate surface area is 235 Å². The molecule has 216 valence electrons. The van der Waals surface area contributed by atoms with Gasteiger partial charge in [0.05, 0.1) is 23.3 Å². The number of carbonyl (C=O) groups excluding carboxylic acids is 3. The van der Waals surface area contributed by atoms with Crippen LogP contribution < -0.4 is 10.6 Å². The molecule has 0 spiro atoms. The summed E-state index contributed by atoms with van der Waals surface area (Å²) < 4.78 is 34.1. The Balaban J connectivity index is 1.34. The van der Waals surface area contributed by atoms with Gasteiger partial charge >= 0.3 is 6.09 Å². The molecule has 5 rings (SSSR count). The highest BCUT2D eigenvalue weighted by molar-refractivity contribution is 5.93. The molecule has 1 aliphatic heterocycles. The molecule has 2 fully saturated rings. The van der Waals surface area contributed by atoms with Crippen molar-refractivity contribution < 1.29 is 27.9 Å². The lowest BCUT2D eigenvalue weighted by atomic mass is 9.90. The molecular weight excluding hydrogens is 536 g/mol. The number of rotatable bonds is 6. The van der Waals surface area contributed by atoms with Crippen molar-refractivity contribution in [3.63, 3.8) is 0 Å². The van der Waals surface area contributed by atoms with Crippen molar-refractivity contribution in [2.45, 2.75) is 57.2 Å². The number of hydrogen-bond donors (Lipinski definition) is 2. The average molecular weight is 568 g/mol. The molecule has 0 bridgehead atoms. The van der Waals surface area contributed by atoms with Gasteiger partial charge in [-0.1, -0.05) is 11.3 Å². The van der Waals surface area contributed by atoms with Crippen molar-refractivity contribution in [3.05, 3.63) is 71.8 Å². The number of pyridine rings is 1. The summed E-state index contributed by atoms with van der Waals surface area (Å²) in [5.74, 6) is -3.37. The number of hydrogen-bond acceptors (Lipinski definition) is 7. The number of halogens is 2. The first-order valence-electron chi connectivity index (χ1n) is 13.3. The summed E-state index contributed by atoms with van der Waals surface area (Å²) in [7, 11) is 0. The van der Waals surface area contributed by atoms with Gasteiger partial charge in [0.15, 0.2) is 11.5 Å². The van der Waals surface area contributed by atoms with Gasteiger partial charge in [-0.25, -0.2) is 18.3 Å². The minimum atomic E-state index is -0.866. The largest absolute Gasteiger partial charge is 0.444 e. The van der Waals surface area contributed by atoms with E-state index in [1.165, 1.54) is 17.2 Å². The predicted molar refractivity (Wildman–Crippen MR) is 142 cm³/mol. The summed E-state index contributed by atoms with van der Waals surface area (Å²) in [5.41, 5.74) is -0.756. The van der Waals surface area contributed by atoms with Crippen molar-refractivity contribution >= 4 is 17.9 Å². The number of nitrogens with zero attached hydrogens (tertiary/aromatic N) is 5. The van der Waals surface area contributed by atoms with E-state index in [4.69, 9.17) is 4.74 Å². The highest BCUT2D eigenvalue weighted by Gasteiger charge is 2.49. The molecule has 1 aliphatic carbocycles. The molecule has 2 N–H and O–H groups in total. The van der Waals surface area contributed by atoms with E-state index >= 15 is 0 Å². The van der Waals surface area contributed by atoms with Gasteiger partial charge in [-0.05, 0) is 64.3 Å². The van der Waals surface area contributed by atoms with Crippen LogP contribution in [-0.4, -0.2) is 67.5 Å². The van der Waals surface area contributed by atoms with Crippen molar-refractivity contribution in [2.75, 3.05) is 13.1 Å². The molecule has 11 nitrogen and oxygen atoms in total. The van der Waals surface area contributed by atoms with Gasteiger partial charge in [-0.2, -0.15) is 0 Å². The molecule has 3 amide bonds. The first-order chi connectivity index (χ1) is 19.4. The molecule has 2 atom stereocenters. The van der Waals surface area contributed by atoms with Crippen LogP contribution in [0.15, 0.2) is 48.8 Å². The van der Waals surface area contributed by atoms with E-state index in [0.717, 1.165) is 29.3 Å². The van der Waals surface area contributed by atoms with Crippen LogP contribution in [0.25, 0.3) is 5.69 Å². The fourth-order valence-electron chi connectivity index (χ4n) is 4.82. The zero-order valence-corrected chi connectivity index (χ0v) is 22.9. The summed E-state index contributed by atoms with van der Waals surface area (Å²) in [5, 5.41) is 13.6. The van der Waals surface area contributed by atoms with E-state index in [0.29, 0.717) is 6.07 Å². The van der Waals surface area contributed by atoms with Crippen LogP contribution in [0.2, 0.25) is 0 Å². The number of piperidine rings is 1. The van der Waals surface area contributed by atoms with Crippen LogP contribution in [0, 0.1) is 17.6 Å². The van der Waals surface area contributed by atoms with E-state index in [-0.39, 0.29) is 36.8 Å². The van der Waals surface area contributed by atoms with Crippen LogP contribution in [0.4, 0.5) is 13.6 Å². The molecular formula is C28H31F2N7O4. The maximum Gasteiger partial charge on any atom is 0.410 e. The maximum absolute atomic E-state index is 14.2. The summed E-state index contributed by atoms with van der Waals surface area (Å²) in [6.07, 6.45) is 4.06. The number of carbonyl (C=O) groups is 3.